The standard InChI is InChI=1S/C15H21NOS/c1-2-12(11-18-7-1)10-17-15-4-3-13-5-6-16-9-14(13)8-15/h3-4,8,12,16H,1-2,5-7,9-11H2. The van der Waals surface area contributed by atoms with E-state index in [0.29, 0.717) is 0 Å². The van der Waals surface area contributed by atoms with Crippen molar-refractivity contribution < 1.29 is 4.74 Å². The topological polar surface area (TPSA) is 21.3 Å². The van der Waals surface area contributed by atoms with Gasteiger partial charge in [0.15, 0.2) is 0 Å². The van der Waals surface area contributed by atoms with Gasteiger partial charge in [0.1, 0.15) is 5.75 Å². The first-order valence-electron chi connectivity index (χ1n) is 6.95. The molecule has 0 bridgehead atoms. The highest BCUT2D eigenvalue weighted by Gasteiger charge is 2.15. The number of hydrogen-bond donors (Lipinski definition) is 1. The lowest BCUT2D eigenvalue weighted by atomic mass is 10.0. The third-order valence-electron chi connectivity index (χ3n) is 3.80. The van der Waals surface area contributed by atoms with Crippen molar-refractivity contribution in [1.82, 2.24) is 5.32 Å². The van der Waals surface area contributed by atoms with E-state index in [2.05, 4.69) is 35.3 Å². The fourth-order valence-electron chi connectivity index (χ4n) is 2.70. The Hall–Kier alpha value is -0.670. The van der Waals surface area contributed by atoms with Gasteiger partial charge >= 0.3 is 0 Å². The number of nitrogens with one attached hydrogen (secondary N) is 1. The third-order valence-corrected chi connectivity index (χ3v) is 5.09. The maximum absolute atomic E-state index is 5.97. The summed E-state index contributed by atoms with van der Waals surface area (Å²) in [6, 6.07) is 6.60. The SMILES string of the molecule is c1cc2c(cc1OCC1CCCSC1)CNCC2. The van der Waals surface area contributed by atoms with Gasteiger partial charge in [-0.1, -0.05) is 6.07 Å². The van der Waals surface area contributed by atoms with Gasteiger partial charge in [0.05, 0.1) is 6.61 Å². The van der Waals surface area contributed by atoms with E-state index in [-0.39, 0.29) is 0 Å². The zero-order valence-electron chi connectivity index (χ0n) is 10.8. The van der Waals surface area contributed by atoms with Gasteiger partial charge in [0, 0.05) is 12.5 Å². The Kier molecular flexibility index (Phi) is 4.11. The predicted molar refractivity (Wildman–Crippen MR) is 77.4 cm³/mol. The van der Waals surface area contributed by atoms with Crippen molar-refractivity contribution in [3.05, 3.63) is 29.3 Å². The zero-order valence-corrected chi connectivity index (χ0v) is 11.6. The van der Waals surface area contributed by atoms with Gasteiger partial charge in [-0.15, -0.1) is 0 Å². The highest BCUT2D eigenvalue weighted by Crippen LogP contribution is 2.25. The normalized spacial score (nSPS) is 23.4. The summed E-state index contributed by atoms with van der Waals surface area (Å²) in [6.45, 7) is 2.98. The monoisotopic (exact) mass is 263 g/mol. The summed E-state index contributed by atoms with van der Waals surface area (Å²) >= 11 is 2.07. The van der Waals surface area contributed by atoms with E-state index < -0.39 is 0 Å². The molecule has 1 unspecified atom stereocenters. The Morgan fingerprint density at radius 2 is 2.33 bits per heavy atom. The summed E-state index contributed by atoms with van der Waals surface area (Å²) in [4.78, 5) is 0. The van der Waals surface area contributed by atoms with E-state index in [1.807, 2.05) is 0 Å². The van der Waals surface area contributed by atoms with E-state index in [0.717, 1.165) is 37.8 Å². The molecule has 1 aromatic rings. The van der Waals surface area contributed by atoms with Crippen molar-refractivity contribution in [3.63, 3.8) is 0 Å². The van der Waals surface area contributed by atoms with Crippen molar-refractivity contribution in [1.29, 1.82) is 0 Å². The Morgan fingerprint density at radius 3 is 3.22 bits per heavy atom. The van der Waals surface area contributed by atoms with Crippen LogP contribution >= 0.6 is 11.8 Å². The first-order chi connectivity index (χ1) is 8.92. The van der Waals surface area contributed by atoms with Crippen molar-refractivity contribution in [3.8, 4) is 5.75 Å². The van der Waals surface area contributed by atoms with E-state index in [1.54, 1.807) is 0 Å². The van der Waals surface area contributed by atoms with Crippen LogP contribution in [-0.4, -0.2) is 24.7 Å². The molecule has 0 amide bonds. The predicted octanol–water partition coefficient (Wildman–Crippen LogP) is 2.85. The Balaban J connectivity index is 1.58. The van der Waals surface area contributed by atoms with Crippen LogP contribution in [0.2, 0.25) is 0 Å². The molecule has 2 aliphatic heterocycles. The van der Waals surface area contributed by atoms with Crippen LogP contribution in [0.1, 0.15) is 24.0 Å². The second-order valence-corrected chi connectivity index (χ2v) is 6.40. The van der Waals surface area contributed by atoms with Crippen molar-refractivity contribution >= 4 is 11.8 Å². The average Bonchev–Trinajstić information content (AvgIpc) is 2.46. The van der Waals surface area contributed by atoms with Gasteiger partial charge in [-0.05, 0) is 60.6 Å². The summed E-state index contributed by atoms with van der Waals surface area (Å²) in [5.41, 5.74) is 2.89. The molecule has 1 aromatic carbocycles. The summed E-state index contributed by atoms with van der Waals surface area (Å²) in [7, 11) is 0. The molecule has 0 aliphatic carbocycles. The molecule has 2 heterocycles. The molecule has 2 nitrogen and oxygen atoms in total. The molecule has 0 saturated carbocycles. The highest BCUT2D eigenvalue weighted by atomic mass is 32.2. The van der Waals surface area contributed by atoms with Gasteiger partial charge in [-0.3, -0.25) is 0 Å². The Bertz CT molecular complexity index is 401. The lowest BCUT2D eigenvalue weighted by Crippen LogP contribution is -2.23. The second-order valence-electron chi connectivity index (χ2n) is 5.25. The number of thioether (sulfide) groups is 1. The lowest BCUT2D eigenvalue weighted by Gasteiger charge is -2.22. The molecule has 1 saturated heterocycles. The van der Waals surface area contributed by atoms with Crippen LogP contribution in [-0.2, 0) is 13.0 Å². The summed E-state index contributed by atoms with van der Waals surface area (Å²) < 4.78 is 5.97. The van der Waals surface area contributed by atoms with E-state index in [9.17, 15) is 0 Å². The largest absolute Gasteiger partial charge is 0.493 e. The molecule has 1 N–H and O–H groups in total. The molecule has 0 radical (unpaired) electrons. The highest BCUT2D eigenvalue weighted by molar-refractivity contribution is 7.99. The molecule has 0 aromatic heterocycles. The fraction of sp³-hybridized carbons (Fsp3) is 0.600. The van der Waals surface area contributed by atoms with Crippen molar-refractivity contribution in [2.45, 2.75) is 25.8 Å². The second kappa shape index (κ2) is 5.98. The van der Waals surface area contributed by atoms with Crippen LogP contribution < -0.4 is 10.1 Å². The molecule has 98 valence electrons. The molecular weight excluding hydrogens is 242 g/mol. The molecule has 1 fully saturated rings. The summed E-state index contributed by atoms with van der Waals surface area (Å²) in [5.74, 6) is 4.40. The van der Waals surface area contributed by atoms with Gasteiger partial charge in [0.2, 0.25) is 0 Å². The zero-order chi connectivity index (χ0) is 12.2. The minimum absolute atomic E-state index is 0.748. The van der Waals surface area contributed by atoms with Crippen molar-refractivity contribution in [2.24, 2.45) is 5.92 Å². The smallest absolute Gasteiger partial charge is 0.119 e. The summed E-state index contributed by atoms with van der Waals surface area (Å²) in [6.07, 6.45) is 3.83. The molecule has 3 heteroatoms. The van der Waals surface area contributed by atoms with Crippen LogP contribution in [0.25, 0.3) is 0 Å². The van der Waals surface area contributed by atoms with Gasteiger partial charge in [0.25, 0.3) is 0 Å². The van der Waals surface area contributed by atoms with Crippen LogP contribution in [0.15, 0.2) is 18.2 Å². The van der Waals surface area contributed by atoms with Gasteiger partial charge < -0.3 is 10.1 Å². The quantitative estimate of drug-likeness (QED) is 0.906. The number of ether oxygens (including phenoxy) is 1. The van der Waals surface area contributed by atoms with E-state index in [1.165, 1.54) is 35.5 Å². The lowest BCUT2D eigenvalue weighted by molar-refractivity contribution is 0.252. The first kappa shape index (κ1) is 12.4. The molecule has 3 rings (SSSR count). The Morgan fingerprint density at radius 1 is 1.33 bits per heavy atom. The molecule has 2 aliphatic rings. The van der Waals surface area contributed by atoms with Crippen LogP contribution in [0, 0.1) is 5.92 Å². The van der Waals surface area contributed by atoms with Crippen LogP contribution in [0.4, 0.5) is 0 Å². The Labute approximate surface area is 113 Å². The van der Waals surface area contributed by atoms with Gasteiger partial charge in [-0.25, -0.2) is 0 Å². The number of benzene rings is 1. The van der Waals surface area contributed by atoms with E-state index >= 15 is 0 Å². The van der Waals surface area contributed by atoms with Crippen LogP contribution in [0.3, 0.4) is 0 Å². The molecular formula is C15H21NOS. The number of fused-ring (bicyclic) bond motifs is 1. The first-order valence-corrected chi connectivity index (χ1v) is 8.10. The number of rotatable bonds is 3. The van der Waals surface area contributed by atoms with Crippen molar-refractivity contribution in [2.75, 3.05) is 24.7 Å². The van der Waals surface area contributed by atoms with Crippen LogP contribution in [0.5, 0.6) is 5.75 Å². The molecule has 0 spiro atoms. The summed E-state index contributed by atoms with van der Waals surface area (Å²) in [5, 5.41) is 3.41. The maximum Gasteiger partial charge on any atom is 0.119 e. The maximum atomic E-state index is 5.97. The third kappa shape index (κ3) is 3.01. The minimum Gasteiger partial charge on any atom is -0.493 e. The average molecular weight is 263 g/mol. The number of hydrogen-bond acceptors (Lipinski definition) is 3. The minimum atomic E-state index is 0.748. The fourth-order valence-corrected chi connectivity index (χ4v) is 3.83. The van der Waals surface area contributed by atoms with E-state index in [4.69, 9.17) is 4.74 Å². The van der Waals surface area contributed by atoms with Gasteiger partial charge in [-0.2, -0.15) is 11.8 Å². The molecule has 18 heavy (non-hydrogen) atoms. The molecule has 1 atom stereocenters.